The average Bonchev–Trinajstić information content (AvgIpc) is 3.27. The lowest BCUT2D eigenvalue weighted by Crippen LogP contribution is -2.05. The van der Waals surface area contributed by atoms with Crippen LogP contribution in [0.25, 0.3) is 17.1 Å². The number of carbonyl (C=O) groups is 1. The minimum Gasteiger partial charge on any atom is -0.493 e. The summed E-state index contributed by atoms with van der Waals surface area (Å²) < 4.78 is 12.8. The van der Waals surface area contributed by atoms with E-state index in [4.69, 9.17) is 9.47 Å². The molecule has 4 rings (SSSR count). The Morgan fingerprint density at radius 3 is 2.23 bits per heavy atom. The summed E-state index contributed by atoms with van der Waals surface area (Å²) in [5.74, 6) is 2.21. The summed E-state index contributed by atoms with van der Waals surface area (Å²) in [7, 11) is 3.20. The highest BCUT2D eigenvalue weighted by Crippen LogP contribution is 2.33. The fourth-order valence-corrected chi connectivity index (χ4v) is 4.02. The third kappa shape index (κ3) is 4.46. The number of Topliss-reactive ketones (excluding diaryl/α,β-unsaturated/α-hetero) is 1. The van der Waals surface area contributed by atoms with Crippen molar-refractivity contribution in [3.8, 4) is 28.6 Å². The average molecular weight is 432 g/mol. The lowest BCUT2D eigenvalue weighted by atomic mass is 10.2. The Morgan fingerprint density at radius 2 is 1.55 bits per heavy atom. The fraction of sp³-hybridized carbons (Fsp3) is 0.125. The number of hydrogen-bond acceptors (Lipinski definition) is 6. The van der Waals surface area contributed by atoms with Gasteiger partial charge >= 0.3 is 0 Å². The third-order valence-corrected chi connectivity index (χ3v) is 5.65. The predicted octanol–water partition coefficient (Wildman–Crippen LogP) is 4.93. The number of benzene rings is 3. The molecule has 0 N–H and O–H groups in total. The van der Waals surface area contributed by atoms with Crippen molar-refractivity contribution in [2.75, 3.05) is 20.0 Å². The van der Waals surface area contributed by atoms with E-state index in [1.54, 1.807) is 14.2 Å². The Balaban J connectivity index is 1.73. The molecule has 1 aromatic heterocycles. The molecule has 0 aliphatic carbocycles. The van der Waals surface area contributed by atoms with E-state index in [1.807, 2.05) is 83.4 Å². The molecule has 0 saturated heterocycles. The molecule has 0 radical (unpaired) electrons. The standard InChI is InChI=1S/C24H21N3O3S/c1-29-21-14-13-19(15-22(21)30-2)27-23(18-11-7-4-8-12-18)25-26-24(27)31-16-20(28)17-9-5-3-6-10-17/h3-15H,16H2,1-2H3. The van der Waals surface area contributed by atoms with Crippen LogP contribution in [0.1, 0.15) is 10.4 Å². The van der Waals surface area contributed by atoms with Crippen molar-refractivity contribution >= 4 is 17.5 Å². The number of aromatic nitrogens is 3. The van der Waals surface area contributed by atoms with Crippen molar-refractivity contribution < 1.29 is 14.3 Å². The van der Waals surface area contributed by atoms with Gasteiger partial charge < -0.3 is 9.47 Å². The van der Waals surface area contributed by atoms with Gasteiger partial charge in [0.05, 0.1) is 25.7 Å². The van der Waals surface area contributed by atoms with E-state index in [9.17, 15) is 4.79 Å². The molecular formula is C24H21N3O3S. The predicted molar refractivity (Wildman–Crippen MR) is 121 cm³/mol. The summed E-state index contributed by atoms with van der Waals surface area (Å²) >= 11 is 1.35. The Bertz CT molecular complexity index is 1180. The van der Waals surface area contributed by atoms with Crippen LogP contribution in [0, 0.1) is 0 Å². The van der Waals surface area contributed by atoms with Crippen molar-refractivity contribution in [1.29, 1.82) is 0 Å². The molecule has 0 unspecified atom stereocenters. The van der Waals surface area contributed by atoms with Crippen molar-refractivity contribution in [2.24, 2.45) is 0 Å². The number of thioether (sulfide) groups is 1. The summed E-state index contributed by atoms with van der Waals surface area (Å²) in [5.41, 5.74) is 2.41. The lowest BCUT2D eigenvalue weighted by molar-refractivity contribution is 0.102. The van der Waals surface area contributed by atoms with Gasteiger partial charge in [-0.3, -0.25) is 9.36 Å². The van der Waals surface area contributed by atoms with Gasteiger partial charge in [-0.1, -0.05) is 72.4 Å². The first-order chi connectivity index (χ1) is 15.2. The number of rotatable bonds is 8. The van der Waals surface area contributed by atoms with Crippen LogP contribution in [-0.4, -0.2) is 40.5 Å². The minimum atomic E-state index is 0.0359. The maximum atomic E-state index is 12.6. The van der Waals surface area contributed by atoms with Crippen molar-refractivity contribution in [2.45, 2.75) is 5.16 Å². The number of ether oxygens (including phenoxy) is 2. The van der Waals surface area contributed by atoms with Gasteiger partial charge in [-0.2, -0.15) is 0 Å². The highest BCUT2D eigenvalue weighted by atomic mass is 32.2. The zero-order valence-electron chi connectivity index (χ0n) is 17.2. The van der Waals surface area contributed by atoms with E-state index in [-0.39, 0.29) is 11.5 Å². The SMILES string of the molecule is COc1ccc(-n2c(SCC(=O)c3ccccc3)nnc2-c2ccccc2)cc1OC. The molecule has 0 aliphatic heterocycles. The zero-order chi connectivity index (χ0) is 21.6. The molecule has 156 valence electrons. The zero-order valence-corrected chi connectivity index (χ0v) is 18.0. The van der Waals surface area contributed by atoms with E-state index >= 15 is 0 Å². The molecule has 7 heteroatoms. The number of nitrogens with zero attached hydrogens (tertiary/aromatic N) is 3. The van der Waals surface area contributed by atoms with Crippen LogP contribution in [0.3, 0.4) is 0 Å². The minimum absolute atomic E-state index is 0.0359. The Labute approximate surface area is 184 Å². The second-order valence-electron chi connectivity index (χ2n) is 6.62. The Hall–Kier alpha value is -3.58. The van der Waals surface area contributed by atoms with Crippen LogP contribution < -0.4 is 9.47 Å². The fourth-order valence-electron chi connectivity index (χ4n) is 3.17. The molecule has 0 spiro atoms. The van der Waals surface area contributed by atoms with Crippen LogP contribution >= 0.6 is 11.8 Å². The second kappa shape index (κ2) is 9.49. The van der Waals surface area contributed by atoms with Crippen molar-refractivity contribution in [3.05, 3.63) is 84.4 Å². The van der Waals surface area contributed by atoms with E-state index in [2.05, 4.69) is 10.2 Å². The summed E-state index contributed by atoms with van der Waals surface area (Å²) in [6, 6.07) is 24.7. The summed E-state index contributed by atoms with van der Waals surface area (Å²) in [5, 5.41) is 9.43. The monoisotopic (exact) mass is 431 g/mol. The molecular weight excluding hydrogens is 410 g/mol. The first-order valence-electron chi connectivity index (χ1n) is 9.65. The maximum Gasteiger partial charge on any atom is 0.196 e. The molecule has 1 heterocycles. The van der Waals surface area contributed by atoms with Crippen LogP contribution in [-0.2, 0) is 0 Å². The second-order valence-corrected chi connectivity index (χ2v) is 7.57. The molecule has 0 aliphatic rings. The molecule has 0 saturated carbocycles. The van der Waals surface area contributed by atoms with E-state index < -0.39 is 0 Å². The quantitative estimate of drug-likeness (QED) is 0.291. The van der Waals surface area contributed by atoms with Gasteiger partial charge in [0.1, 0.15) is 0 Å². The lowest BCUT2D eigenvalue weighted by Gasteiger charge is -2.13. The molecule has 31 heavy (non-hydrogen) atoms. The number of ketones is 1. The Morgan fingerprint density at radius 1 is 0.871 bits per heavy atom. The normalized spacial score (nSPS) is 10.6. The third-order valence-electron chi connectivity index (χ3n) is 4.72. The highest BCUT2D eigenvalue weighted by molar-refractivity contribution is 7.99. The largest absolute Gasteiger partial charge is 0.493 e. The van der Waals surface area contributed by atoms with E-state index in [0.29, 0.717) is 28.0 Å². The first kappa shape index (κ1) is 20.7. The number of carbonyl (C=O) groups excluding carboxylic acids is 1. The van der Waals surface area contributed by atoms with Crippen LogP contribution in [0.4, 0.5) is 0 Å². The summed E-state index contributed by atoms with van der Waals surface area (Å²) in [6.45, 7) is 0. The molecule has 0 fully saturated rings. The number of methoxy groups -OCH3 is 2. The highest BCUT2D eigenvalue weighted by Gasteiger charge is 2.19. The molecule has 0 amide bonds. The molecule has 3 aromatic carbocycles. The van der Waals surface area contributed by atoms with Crippen LogP contribution in [0.2, 0.25) is 0 Å². The van der Waals surface area contributed by atoms with Crippen molar-refractivity contribution in [3.63, 3.8) is 0 Å². The maximum absolute atomic E-state index is 12.6. The van der Waals surface area contributed by atoms with Gasteiger partial charge in [0.25, 0.3) is 0 Å². The molecule has 4 aromatic rings. The topological polar surface area (TPSA) is 66.2 Å². The Kier molecular flexibility index (Phi) is 6.33. The molecule has 0 bridgehead atoms. The van der Waals surface area contributed by atoms with Gasteiger partial charge in [-0.05, 0) is 12.1 Å². The van der Waals surface area contributed by atoms with Gasteiger partial charge in [-0.25, -0.2) is 0 Å². The first-order valence-corrected chi connectivity index (χ1v) is 10.6. The van der Waals surface area contributed by atoms with Gasteiger partial charge in [-0.15, -0.1) is 10.2 Å². The van der Waals surface area contributed by atoms with Gasteiger partial charge in [0.2, 0.25) is 0 Å². The van der Waals surface area contributed by atoms with Crippen molar-refractivity contribution in [1.82, 2.24) is 14.8 Å². The van der Waals surface area contributed by atoms with E-state index in [0.717, 1.165) is 11.3 Å². The molecule has 6 nitrogen and oxygen atoms in total. The molecule has 0 atom stereocenters. The van der Waals surface area contributed by atoms with Gasteiger partial charge in [0.15, 0.2) is 28.3 Å². The van der Waals surface area contributed by atoms with Crippen LogP contribution in [0.15, 0.2) is 84.0 Å². The van der Waals surface area contributed by atoms with Crippen LogP contribution in [0.5, 0.6) is 11.5 Å². The summed E-state index contributed by atoms with van der Waals surface area (Å²) in [6.07, 6.45) is 0. The number of hydrogen-bond donors (Lipinski definition) is 0. The van der Waals surface area contributed by atoms with Gasteiger partial charge in [0, 0.05) is 17.2 Å². The van der Waals surface area contributed by atoms with E-state index in [1.165, 1.54) is 11.8 Å². The smallest absolute Gasteiger partial charge is 0.196 e. The summed E-state index contributed by atoms with van der Waals surface area (Å²) in [4.78, 5) is 12.6.